The lowest BCUT2D eigenvalue weighted by molar-refractivity contribution is 0.455. The van der Waals surface area contributed by atoms with E-state index in [2.05, 4.69) is 195 Å². The van der Waals surface area contributed by atoms with Gasteiger partial charge >= 0.3 is 0 Å². The fourth-order valence-electron chi connectivity index (χ4n) is 8.06. The Kier molecular flexibility index (Phi) is 7.12. The van der Waals surface area contributed by atoms with Crippen molar-refractivity contribution in [3.8, 4) is 44.9 Å². The molecule has 0 aromatic heterocycles. The Morgan fingerprint density at radius 1 is 0.442 bits per heavy atom. The Hall–Kier alpha value is -6.03. The van der Waals surface area contributed by atoms with Gasteiger partial charge in [-0.2, -0.15) is 0 Å². The Labute approximate surface area is 309 Å². The molecule has 0 radical (unpaired) electrons. The molecule has 1 aliphatic heterocycles. The highest BCUT2D eigenvalue weighted by molar-refractivity contribution is 8.00. The molecule has 2 nitrogen and oxygen atoms in total. The predicted molar refractivity (Wildman–Crippen MR) is 218 cm³/mol. The lowest BCUT2D eigenvalue weighted by Crippen LogP contribution is -2.15. The van der Waals surface area contributed by atoms with Crippen LogP contribution >= 0.6 is 11.8 Å². The summed E-state index contributed by atoms with van der Waals surface area (Å²) in [7, 11) is 0. The third-order valence-corrected chi connectivity index (χ3v) is 12.0. The van der Waals surface area contributed by atoms with Crippen LogP contribution in [0.25, 0.3) is 44.2 Å². The van der Waals surface area contributed by atoms with Crippen molar-refractivity contribution >= 4 is 39.6 Å². The molecule has 8 aromatic rings. The van der Waals surface area contributed by atoms with Crippen molar-refractivity contribution < 1.29 is 4.74 Å². The van der Waals surface area contributed by atoms with E-state index in [1.807, 2.05) is 11.8 Å². The van der Waals surface area contributed by atoms with E-state index in [9.17, 15) is 0 Å². The van der Waals surface area contributed by atoms with E-state index in [1.54, 1.807) is 0 Å². The number of hydrogen-bond acceptors (Lipinski definition) is 3. The minimum Gasteiger partial charge on any atom is -0.455 e. The summed E-state index contributed by atoms with van der Waals surface area (Å²) in [5.74, 6) is 1.83. The third-order valence-electron chi connectivity index (χ3n) is 10.7. The number of anilines is 3. The summed E-state index contributed by atoms with van der Waals surface area (Å²) >= 11 is 1.84. The summed E-state index contributed by atoms with van der Waals surface area (Å²) in [5, 5.41) is 2.45. The highest BCUT2D eigenvalue weighted by Crippen LogP contribution is 2.59. The molecular weight excluding hydrogens is 651 g/mol. The molecule has 2 aliphatic rings. The van der Waals surface area contributed by atoms with Gasteiger partial charge in [0.1, 0.15) is 11.5 Å². The monoisotopic (exact) mass is 685 g/mol. The van der Waals surface area contributed by atoms with Crippen molar-refractivity contribution in [3.05, 3.63) is 187 Å². The first-order valence-corrected chi connectivity index (χ1v) is 18.7. The summed E-state index contributed by atoms with van der Waals surface area (Å²) in [4.78, 5) is 4.71. The summed E-state index contributed by atoms with van der Waals surface area (Å²) < 4.78 is 6.67. The second-order valence-corrected chi connectivity index (χ2v) is 15.2. The van der Waals surface area contributed by atoms with Gasteiger partial charge in [-0.25, -0.2) is 0 Å². The smallest absolute Gasteiger partial charge is 0.142 e. The SMILES string of the molecule is CC1(C)c2ccccc2-c2c1ccc1c2Sc2c(cccc2-c2ccc(N(c3ccc(-c4ccccc4)cc3)c3ccc4ccccc4c3)cc2)O1. The Morgan fingerprint density at radius 2 is 1.06 bits per heavy atom. The van der Waals surface area contributed by atoms with Crippen LogP contribution in [0.2, 0.25) is 0 Å². The zero-order valence-corrected chi connectivity index (χ0v) is 29.8. The molecule has 0 unspecified atom stereocenters. The number of rotatable bonds is 5. The zero-order chi connectivity index (χ0) is 34.8. The lowest BCUT2D eigenvalue weighted by atomic mass is 9.82. The van der Waals surface area contributed by atoms with Crippen LogP contribution in [0.3, 0.4) is 0 Å². The van der Waals surface area contributed by atoms with Gasteiger partial charge in [0.25, 0.3) is 0 Å². The summed E-state index contributed by atoms with van der Waals surface area (Å²) in [6.45, 7) is 4.66. The van der Waals surface area contributed by atoms with Crippen molar-refractivity contribution in [3.63, 3.8) is 0 Å². The second kappa shape index (κ2) is 12.0. The third kappa shape index (κ3) is 4.96. The Morgan fingerprint density at radius 3 is 1.85 bits per heavy atom. The molecule has 1 aliphatic carbocycles. The number of nitrogens with zero attached hydrogens (tertiary/aromatic N) is 1. The summed E-state index contributed by atoms with van der Waals surface area (Å²) in [6.07, 6.45) is 0. The van der Waals surface area contributed by atoms with E-state index in [0.29, 0.717) is 0 Å². The van der Waals surface area contributed by atoms with Gasteiger partial charge in [0, 0.05) is 28.0 Å². The van der Waals surface area contributed by atoms with Crippen LogP contribution in [0.4, 0.5) is 17.1 Å². The first kappa shape index (κ1) is 30.8. The van der Waals surface area contributed by atoms with Crippen LogP contribution in [0.15, 0.2) is 186 Å². The molecule has 0 saturated carbocycles. The number of hydrogen-bond donors (Lipinski definition) is 0. The van der Waals surface area contributed by atoms with Crippen molar-refractivity contribution in [2.45, 2.75) is 29.1 Å². The van der Waals surface area contributed by atoms with Crippen molar-refractivity contribution in [1.82, 2.24) is 0 Å². The molecular formula is C49H35NOS. The lowest BCUT2D eigenvalue weighted by Gasteiger charge is -2.27. The van der Waals surface area contributed by atoms with Gasteiger partial charge in [-0.3, -0.25) is 0 Å². The molecule has 52 heavy (non-hydrogen) atoms. The van der Waals surface area contributed by atoms with Crippen molar-refractivity contribution in [1.29, 1.82) is 0 Å². The largest absolute Gasteiger partial charge is 0.455 e. The fourth-order valence-corrected chi connectivity index (χ4v) is 9.30. The molecule has 0 amide bonds. The summed E-state index contributed by atoms with van der Waals surface area (Å²) in [5.41, 5.74) is 13.4. The van der Waals surface area contributed by atoms with Crippen LogP contribution in [-0.2, 0) is 5.41 Å². The Bertz CT molecular complexity index is 2640. The van der Waals surface area contributed by atoms with Crippen LogP contribution in [0.5, 0.6) is 11.5 Å². The quantitative estimate of drug-likeness (QED) is 0.179. The molecule has 0 saturated heterocycles. The van der Waals surface area contributed by atoms with Crippen molar-refractivity contribution in [2.24, 2.45) is 0 Å². The number of ether oxygens (including phenoxy) is 1. The van der Waals surface area contributed by atoms with Crippen LogP contribution in [0, 0.1) is 0 Å². The molecule has 0 spiro atoms. The molecule has 248 valence electrons. The zero-order valence-electron chi connectivity index (χ0n) is 29.0. The van der Waals surface area contributed by atoms with E-state index in [-0.39, 0.29) is 5.41 Å². The molecule has 0 atom stereocenters. The molecule has 0 bridgehead atoms. The van der Waals surface area contributed by atoms with Gasteiger partial charge in [0.2, 0.25) is 0 Å². The Balaban J connectivity index is 1.04. The van der Waals surface area contributed by atoms with E-state index >= 15 is 0 Å². The first-order chi connectivity index (χ1) is 25.5. The van der Waals surface area contributed by atoms with E-state index < -0.39 is 0 Å². The molecule has 3 heteroatoms. The van der Waals surface area contributed by atoms with Crippen LogP contribution in [-0.4, -0.2) is 0 Å². The number of benzene rings is 8. The summed E-state index contributed by atoms with van der Waals surface area (Å²) in [6, 6.07) is 63.4. The minimum absolute atomic E-state index is 0.0596. The van der Waals surface area contributed by atoms with Gasteiger partial charge in [0.15, 0.2) is 0 Å². The standard InChI is InChI=1S/C49H35NOS/c1-49(2)42-17-9-8-15-41(42)46-43(49)29-30-45-48(46)52-47-40(16-10-18-44(47)51-45)35-22-26-38(27-23-35)50(39-28-21-33-13-6-7-14-36(33)31-39)37-24-19-34(20-25-37)32-11-4-3-5-12-32/h3-31H,1-2H3. The highest BCUT2D eigenvalue weighted by atomic mass is 32.2. The molecule has 0 fully saturated rings. The van der Waals surface area contributed by atoms with E-state index in [1.165, 1.54) is 54.6 Å². The maximum absolute atomic E-state index is 6.67. The van der Waals surface area contributed by atoms with Gasteiger partial charge in [-0.05, 0) is 98.2 Å². The van der Waals surface area contributed by atoms with E-state index in [4.69, 9.17) is 4.74 Å². The average molecular weight is 686 g/mol. The van der Waals surface area contributed by atoms with Gasteiger partial charge < -0.3 is 9.64 Å². The topological polar surface area (TPSA) is 12.5 Å². The minimum atomic E-state index is -0.0596. The average Bonchev–Trinajstić information content (AvgIpc) is 3.44. The molecule has 0 N–H and O–H groups in total. The molecule has 8 aromatic carbocycles. The predicted octanol–water partition coefficient (Wildman–Crippen LogP) is 14.2. The van der Waals surface area contributed by atoms with Crippen molar-refractivity contribution in [2.75, 3.05) is 4.90 Å². The van der Waals surface area contributed by atoms with Gasteiger partial charge in [-0.1, -0.05) is 153 Å². The first-order valence-electron chi connectivity index (χ1n) is 17.8. The molecule has 10 rings (SSSR count). The number of fused-ring (bicyclic) bond motifs is 7. The highest BCUT2D eigenvalue weighted by Gasteiger charge is 2.39. The van der Waals surface area contributed by atoms with Gasteiger partial charge in [-0.15, -0.1) is 0 Å². The normalized spacial score (nSPS) is 13.4. The molecule has 1 heterocycles. The maximum atomic E-state index is 6.67. The fraction of sp³-hybridized carbons (Fsp3) is 0.0612. The van der Waals surface area contributed by atoms with Crippen LogP contribution in [0.1, 0.15) is 25.0 Å². The maximum Gasteiger partial charge on any atom is 0.142 e. The van der Waals surface area contributed by atoms with Gasteiger partial charge in [0.05, 0.1) is 9.79 Å². The van der Waals surface area contributed by atoms with Crippen LogP contribution < -0.4 is 9.64 Å². The second-order valence-electron chi connectivity index (χ2n) is 14.1. The van der Waals surface area contributed by atoms with E-state index in [0.717, 1.165) is 39.0 Å².